The number of hydrogen-bond acceptors (Lipinski definition) is 5. The Morgan fingerprint density at radius 2 is 2.00 bits per heavy atom. The first-order chi connectivity index (χ1) is 10.2. The van der Waals surface area contributed by atoms with Crippen LogP contribution < -0.4 is 4.90 Å². The summed E-state index contributed by atoms with van der Waals surface area (Å²) in [5, 5.41) is 12.8. The third kappa shape index (κ3) is 3.78. The third-order valence-electron chi connectivity index (χ3n) is 3.74. The Morgan fingerprint density at radius 3 is 2.62 bits per heavy atom. The summed E-state index contributed by atoms with van der Waals surface area (Å²) in [6.45, 7) is 4.28. The van der Waals surface area contributed by atoms with E-state index in [0.29, 0.717) is 5.25 Å². The molecular weight excluding hydrogens is 300 g/mol. The van der Waals surface area contributed by atoms with E-state index in [9.17, 15) is 0 Å². The van der Waals surface area contributed by atoms with Gasteiger partial charge in [-0.1, -0.05) is 17.7 Å². The number of thioether (sulfide) groups is 1. The number of nitrogens with zero attached hydrogens (tertiary/aromatic N) is 2. The lowest BCUT2D eigenvalue weighted by molar-refractivity contribution is 0.277. The van der Waals surface area contributed by atoms with E-state index in [0.717, 1.165) is 23.9 Å². The van der Waals surface area contributed by atoms with Gasteiger partial charge in [-0.2, -0.15) is 0 Å². The first kappa shape index (κ1) is 14.9. The standard InChI is InChI=1S/C16H20N2OS2/c1-12-2-4-14(5-3-12)21-15-6-8-18(9-7-15)16-17-13(10-19)11-20-16/h2-5,11,15,19H,6-10H2,1H3. The minimum Gasteiger partial charge on any atom is -0.390 e. The van der Waals surface area contributed by atoms with Crippen molar-refractivity contribution in [3.05, 3.63) is 40.9 Å². The first-order valence-corrected chi connectivity index (χ1v) is 9.04. The maximum Gasteiger partial charge on any atom is 0.185 e. The lowest BCUT2D eigenvalue weighted by Crippen LogP contribution is -2.34. The third-order valence-corrected chi connectivity index (χ3v) is 6.04. The first-order valence-electron chi connectivity index (χ1n) is 7.28. The topological polar surface area (TPSA) is 36.4 Å². The normalized spacial score (nSPS) is 16.4. The van der Waals surface area contributed by atoms with Crippen molar-refractivity contribution in [2.75, 3.05) is 18.0 Å². The van der Waals surface area contributed by atoms with Crippen molar-refractivity contribution >= 4 is 28.2 Å². The van der Waals surface area contributed by atoms with Gasteiger partial charge in [0.25, 0.3) is 0 Å². The number of thiazole rings is 1. The lowest BCUT2D eigenvalue weighted by atomic mass is 10.1. The van der Waals surface area contributed by atoms with Crippen LogP contribution in [0.1, 0.15) is 24.1 Å². The summed E-state index contributed by atoms with van der Waals surface area (Å²) < 4.78 is 0. The Hall–Kier alpha value is -1.04. The quantitative estimate of drug-likeness (QED) is 0.932. The van der Waals surface area contributed by atoms with E-state index >= 15 is 0 Å². The Morgan fingerprint density at radius 1 is 1.29 bits per heavy atom. The molecule has 0 atom stereocenters. The molecule has 1 aromatic carbocycles. The second-order valence-corrected chi connectivity index (χ2v) is 7.61. The molecule has 3 rings (SSSR count). The fourth-order valence-corrected chi connectivity index (χ4v) is 4.48. The van der Waals surface area contributed by atoms with Crippen LogP contribution in [0.15, 0.2) is 34.5 Å². The van der Waals surface area contributed by atoms with Crippen molar-refractivity contribution in [1.29, 1.82) is 0 Å². The van der Waals surface area contributed by atoms with E-state index in [1.165, 1.54) is 23.3 Å². The average Bonchev–Trinajstić information content (AvgIpc) is 2.99. The highest BCUT2D eigenvalue weighted by Gasteiger charge is 2.21. The zero-order valence-electron chi connectivity index (χ0n) is 12.2. The Labute approximate surface area is 134 Å². The summed E-state index contributed by atoms with van der Waals surface area (Å²) in [7, 11) is 0. The number of hydrogen-bond donors (Lipinski definition) is 1. The summed E-state index contributed by atoms with van der Waals surface area (Å²) in [5.74, 6) is 0. The summed E-state index contributed by atoms with van der Waals surface area (Å²) in [6, 6.07) is 8.81. The molecule has 5 heteroatoms. The minimum absolute atomic E-state index is 0.0379. The van der Waals surface area contributed by atoms with Gasteiger partial charge < -0.3 is 10.0 Å². The fourth-order valence-electron chi connectivity index (χ4n) is 2.49. The van der Waals surface area contributed by atoms with Crippen LogP contribution in [-0.2, 0) is 6.61 Å². The minimum atomic E-state index is 0.0379. The maximum atomic E-state index is 9.10. The van der Waals surface area contributed by atoms with Crippen molar-refractivity contribution in [2.45, 2.75) is 36.5 Å². The predicted molar refractivity (Wildman–Crippen MR) is 90.3 cm³/mol. The fraction of sp³-hybridized carbons (Fsp3) is 0.438. The molecular formula is C16H20N2OS2. The zero-order valence-corrected chi connectivity index (χ0v) is 13.8. The smallest absolute Gasteiger partial charge is 0.185 e. The summed E-state index contributed by atoms with van der Waals surface area (Å²) in [4.78, 5) is 8.17. The summed E-state index contributed by atoms with van der Waals surface area (Å²) in [5.41, 5.74) is 2.10. The van der Waals surface area contributed by atoms with Crippen molar-refractivity contribution < 1.29 is 5.11 Å². The molecule has 0 unspecified atom stereocenters. The highest BCUT2D eigenvalue weighted by molar-refractivity contribution is 8.00. The number of aliphatic hydroxyl groups excluding tert-OH is 1. The van der Waals surface area contributed by atoms with Gasteiger partial charge in [0.15, 0.2) is 5.13 Å². The Balaban J connectivity index is 1.54. The SMILES string of the molecule is Cc1ccc(SC2CCN(c3nc(CO)cs3)CC2)cc1. The maximum absolute atomic E-state index is 9.10. The van der Waals surface area contributed by atoms with Crippen molar-refractivity contribution in [1.82, 2.24) is 4.98 Å². The van der Waals surface area contributed by atoms with E-state index in [-0.39, 0.29) is 6.61 Å². The molecule has 1 N–H and O–H groups in total. The predicted octanol–water partition coefficient (Wildman–Crippen LogP) is 3.70. The van der Waals surface area contributed by atoms with Gasteiger partial charge in [-0.15, -0.1) is 23.1 Å². The molecule has 1 saturated heterocycles. The van der Waals surface area contributed by atoms with E-state index in [1.807, 2.05) is 17.1 Å². The van der Waals surface area contributed by atoms with E-state index in [1.54, 1.807) is 11.3 Å². The lowest BCUT2D eigenvalue weighted by Gasteiger charge is -2.31. The van der Waals surface area contributed by atoms with Crippen LogP contribution in [0.25, 0.3) is 0 Å². The molecule has 1 fully saturated rings. The molecule has 0 radical (unpaired) electrons. The molecule has 0 aliphatic carbocycles. The largest absolute Gasteiger partial charge is 0.390 e. The molecule has 1 aliphatic rings. The van der Waals surface area contributed by atoms with Gasteiger partial charge in [0.1, 0.15) is 0 Å². The molecule has 0 amide bonds. The van der Waals surface area contributed by atoms with Gasteiger partial charge >= 0.3 is 0 Å². The number of piperidine rings is 1. The van der Waals surface area contributed by atoms with Gasteiger partial charge in [0.2, 0.25) is 0 Å². The van der Waals surface area contributed by atoms with Crippen molar-refractivity contribution in [3.8, 4) is 0 Å². The van der Waals surface area contributed by atoms with Gasteiger partial charge in [-0.25, -0.2) is 4.98 Å². The van der Waals surface area contributed by atoms with E-state index < -0.39 is 0 Å². The highest BCUT2D eigenvalue weighted by atomic mass is 32.2. The molecule has 3 nitrogen and oxygen atoms in total. The number of anilines is 1. The van der Waals surface area contributed by atoms with E-state index in [4.69, 9.17) is 5.11 Å². The second-order valence-electron chi connectivity index (χ2n) is 5.40. The van der Waals surface area contributed by atoms with Gasteiger partial charge in [0.05, 0.1) is 12.3 Å². The van der Waals surface area contributed by atoms with Crippen LogP contribution in [0.2, 0.25) is 0 Å². The Bertz CT molecular complexity index is 574. The Kier molecular flexibility index (Phi) is 4.83. The molecule has 2 aromatic rings. The number of aliphatic hydroxyl groups is 1. The van der Waals surface area contributed by atoms with Crippen LogP contribution in [0.5, 0.6) is 0 Å². The highest BCUT2D eigenvalue weighted by Crippen LogP contribution is 2.32. The monoisotopic (exact) mass is 320 g/mol. The second kappa shape index (κ2) is 6.81. The molecule has 0 bridgehead atoms. The van der Waals surface area contributed by atoms with Crippen LogP contribution in [-0.4, -0.2) is 28.4 Å². The van der Waals surface area contributed by atoms with Gasteiger partial charge in [0, 0.05) is 28.6 Å². The number of aromatic nitrogens is 1. The van der Waals surface area contributed by atoms with Crippen LogP contribution in [0.4, 0.5) is 5.13 Å². The van der Waals surface area contributed by atoms with Crippen molar-refractivity contribution in [2.24, 2.45) is 0 Å². The molecule has 0 spiro atoms. The molecule has 1 aromatic heterocycles. The molecule has 0 saturated carbocycles. The number of rotatable bonds is 4. The van der Waals surface area contributed by atoms with Gasteiger partial charge in [-0.05, 0) is 31.9 Å². The summed E-state index contributed by atoms with van der Waals surface area (Å²) >= 11 is 3.63. The summed E-state index contributed by atoms with van der Waals surface area (Å²) in [6.07, 6.45) is 2.37. The molecule has 1 aliphatic heterocycles. The van der Waals surface area contributed by atoms with Crippen LogP contribution in [0.3, 0.4) is 0 Å². The van der Waals surface area contributed by atoms with Gasteiger partial charge in [-0.3, -0.25) is 0 Å². The number of benzene rings is 1. The van der Waals surface area contributed by atoms with Crippen LogP contribution >= 0.6 is 23.1 Å². The van der Waals surface area contributed by atoms with Crippen molar-refractivity contribution in [3.63, 3.8) is 0 Å². The molecule has 112 valence electrons. The average molecular weight is 320 g/mol. The number of aryl methyl sites for hydroxylation is 1. The van der Waals surface area contributed by atoms with E-state index in [2.05, 4.69) is 41.1 Å². The zero-order chi connectivity index (χ0) is 14.7. The molecule has 21 heavy (non-hydrogen) atoms. The van der Waals surface area contributed by atoms with Crippen LogP contribution in [0, 0.1) is 6.92 Å². The molecule has 2 heterocycles.